The third kappa shape index (κ3) is 10.7. The minimum Gasteiger partial charge on any atom is -0.870 e. The summed E-state index contributed by atoms with van der Waals surface area (Å²) in [5.41, 5.74) is 0.551. The van der Waals surface area contributed by atoms with Crippen LogP contribution in [0.1, 0.15) is 20.7 Å². The maximum absolute atomic E-state index is 10.2. The molecular weight excluding hydrogens is 294 g/mol. The van der Waals surface area contributed by atoms with Crippen LogP contribution in [-0.2, 0) is 0 Å². The number of benzene rings is 2. The van der Waals surface area contributed by atoms with E-state index in [9.17, 15) is 14.7 Å². The number of carboxylic acids is 2. The van der Waals surface area contributed by atoms with Crippen molar-refractivity contribution < 1.29 is 84.4 Å². The Labute approximate surface area is 166 Å². The molecular formula is C14H12Na2O5. The molecule has 0 bridgehead atoms. The van der Waals surface area contributed by atoms with Crippen molar-refractivity contribution in [2.75, 3.05) is 0 Å². The van der Waals surface area contributed by atoms with Gasteiger partial charge in [-0.3, -0.25) is 0 Å². The van der Waals surface area contributed by atoms with Gasteiger partial charge < -0.3 is 20.5 Å². The van der Waals surface area contributed by atoms with Gasteiger partial charge in [0.15, 0.2) is 0 Å². The Kier molecular flexibility index (Phi) is 17.2. The van der Waals surface area contributed by atoms with E-state index in [1.165, 1.54) is 12.1 Å². The molecule has 0 unspecified atom stereocenters. The molecule has 0 aromatic heterocycles. The Morgan fingerprint density at radius 2 is 1.10 bits per heavy atom. The van der Waals surface area contributed by atoms with Crippen molar-refractivity contribution >= 4 is 11.9 Å². The van der Waals surface area contributed by atoms with Crippen LogP contribution in [0.3, 0.4) is 0 Å². The van der Waals surface area contributed by atoms with Gasteiger partial charge in [0.1, 0.15) is 0 Å². The van der Waals surface area contributed by atoms with Crippen molar-refractivity contribution in [2.24, 2.45) is 0 Å². The van der Waals surface area contributed by atoms with E-state index in [0.717, 1.165) is 0 Å². The summed E-state index contributed by atoms with van der Waals surface area (Å²) in [5.74, 6) is -2.01. The van der Waals surface area contributed by atoms with Gasteiger partial charge in [-0.2, -0.15) is 0 Å². The van der Waals surface area contributed by atoms with Crippen molar-refractivity contribution in [3.63, 3.8) is 0 Å². The first-order valence-electron chi connectivity index (χ1n) is 5.16. The summed E-state index contributed by atoms with van der Waals surface area (Å²) in [6, 6.07) is 16.4. The minimum absolute atomic E-state index is 0. The molecule has 0 aliphatic carbocycles. The second kappa shape index (κ2) is 14.3. The standard InChI is InChI=1S/2C7H6O2.2Na.H2O/c2*8-7(9)6-4-2-1-3-5-6;;;/h2*1-5H,(H,8,9);;;1H2/q;;2*+1;/p-2. The van der Waals surface area contributed by atoms with Crippen molar-refractivity contribution in [2.45, 2.75) is 0 Å². The molecule has 0 aliphatic rings. The molecule has 7 heteroatoms. The molecule has 21 heavy (non-hydrogen) atoms. The van der Waals surface area contributed by atoms with Crippen molar-refractivity contribution in [3.8, 4) is 0 Å². The Balaban J connectivity index is -0.000000270. The fraction of sp³-hybridized carbons (Fsp3) is 0. The number of carbonyl (C=O) groups is 2. The van der Waals surface area contributed by atoms with E-state index < -0.39 is 11.9 Å². The molecule has 0 aliphatic heterocycles. The minimum atomic E-state index is -1.13. The third-order valence-electron chi connectivity index (χ3n) is 2.03. The zero-order valence-corrected chi connectivity index (χ0v) is 15.9. The molecule has 2 aromatic rings. The van der Waals surface area contributed by atoms with Gasteiger partial charge in [0, 0.05) is 0 Å². The summed E-state index contributed by atoms with van der Waals surface area (Å²) in [4.78, 5) is 20.3. The van der Waals surface area contributed by atoms with E-state index in [1.807, 2.05) is 0 Å². The van der Waals surface area contributed by atoms with E-state index in [-0.39, 0.29) is 70.2 Å². The first-order chi connectivity index (χ1) is 8.61. The van der Waals surface area contributed by atoms with Crippen LogP contribution in [0.2, 0.25) is 0 Å². The van der Waals surface area contributed by atoms with Crippen LogP contribution >= 0.6 is 0 Å². The number of carbonyl (C=O) groups excluding carboxylic acids is 1. The molecule has 0 saturated heterocycles. The van der Waals surface area contributed by atoms with Crippen LogP contribution in [0.4, 0.5) is 0 Å². The number of aromatic carboxylic acids is 2. The Hall–Kier alpha value is -0.660. The zero-order valence-electron chi connectivity index (χ0n) is 11.9. The summed E-state index contributed by atoms with van der Waals surface area (Å²) in [5, 5.41) is 18.5. The first-order valence-corrected chi connectivity index (χ1v) is 5.16. The number of hydrogen-bond acceptors (Lipinski definition) is 4. The average molecular weight is 306 g/mol. The van der Waals surface area contributed by atoms with E-state index in [4.69, 9.17) is 5.11 Å². The van der Waals surface area contributed by atoms with Gasteiger partial charge in [-0.05, 0) is 17.7 Å². The number of hydrogen-bond donors (Lipinski definition) is 1. The topological polar surface area (TPSA) is 107 Å². The molecule has 100 valence electrons. The van der Waals surface area contributed by atoms with Gasteiger partial charge in [0.25, 0.3) is 0 Å². The van der Waals surface area contributed by atoms with Crippen LogP contribution in [0.5, 0.6) is 0 Å². The van der Waals surface area contributed by atoms with E-state index in [2.05, 4.69) is 0 Å². The summed E-state index contributed by atoms with van der Waals surface area (Å²) in [7, 11) is 0. The molecule has 0 fully saturated rings. The molecule has 0 radical (unpaired) electrons. The van der Waals surface area contributed by atoms with Crippen molar-refractivity contribution in [1.29, 1.82) is 0 Å². The summed E-state index contributed by atoms with van der Waals surface area (Å²) < 4.78 is 0. The second-order valence-corrected chi connectivity index (χ2v) is 3.32. The van der Waals surface area contributed by atoms with Gasteiger partial charge in [0.2, 0.25) is 0 Å². The summed E-state index contributed by atoms with van der Waals surface area (Å²) in [6.45, 7) is 0. The molecule has 2 rings (SSSR count). The second-order valence-electron chi connectivity index (χ2n) is 3.32. The molecule has 0 amide bonds. The monoisotopic (exact) mass is 306 g/mol. The Morgan fingerprint density at radius 3 is 1.29 bits per heavy atom. The molecule has 0 saturated carbocycles. The predicted molar refractivity (Wildman–Crippen MR) is 66.1 cm³/mol. The molecule has 0 atom stereocenters. The zero-order chi connectivity index (χ0) is 13.4. The molecule has 0 spiro atoms. The smallest absolute Gasteiger partial charge is 0.870 e. The van der Waals surface area contributed by atoms with Gasteiger partial charge in [-0.25, -0.2) is 4.79 Å². The SMILES string of the molecule is O=C(O)c1ccccc1.O=C([O-])c1ccccc1.[Na+].[Na+].[OH-]. The third-order valence-corrected chi connectivity index (χ3v) is 2.03. The van der Waals surface area contributed by atoms with Crippen LogP contribution in [0, 0.1) is 0 Å². The van der Waals surface area contributed by atoms with Gasteiger partial charge in [-0.15, -0.1) is 0 Å². The maximum atomic E-state index is 10.2. The number of carboxylic acid groups (broad SMARTS) is 2. The van der Waals surface area contributed by atoms with Crippen LogP contribution in [0.25, 0.3) is 0 Å². The maximum Gasteiger partial charge on any atom is 1.00 e. The Bertz CT molecular complexity index is 468. The van der Waals surface area contributed by atoms with E-state index >= 15 is 0 Å². The molecule has 2 N–H and O–H groups in total. The molecule has 0 heterocycles. The molecule has 5 nitrogen and oxygen atoms in total. The fourth-order valence-electron chi connectivity index (χ4n) is 1.15. The molecule has 2 aromatic carbocycles. The predicted octanol–water partition coefficient (Wildman–Crippen LogP) is -4.73. The van der Waals surface area contributed by atoms with E-state index in [1.54, 1.807) is 48.5 Å². The summed E-state index contributed by atoms with van der Waals surface area (Å²) >= 11 is 0. The number of rotatable bonds is 2. The van der Waals surface area contributed by atoms with Crippen LogP contribution in [-0.4, -0.2) is 22.5 Å². The normalized spacial score (nSPS) is 7.62. The van der Waals surface area contributed by atoms with Crippen LogP contribution < -0.4 is 64.2 Å². The van der Waals surface area contributed by atoms with E-state index in [0.29, 0.717) is 5.56 Å². The Morgan fingerprint density at radius 1 is 0.762 bits per heavy atom. The van der Waals surface area contributed by atoms with Crippen molar-refractivity contribution in [3.05, 3.63) is 71.8 Å². The average Bonchev–Trinajstić information content (AvgIpc) is 2.41. The van der Waals surface area contributed by atoms with Gasteiger partial charge >= 0.3 is 65.1 Å². The van der Waals surface area contributed by atoms with Crippen LogP contribution in [0.15, 0.2) is 60.7 Å². The quantitative estimate of drug-likeness (QED) is 0.561. The first kappa shape index (κ1) is 25.3. The summed E-state index contributed by atoms with van der Waals surface area (Å²) in [6.07, 6.45) is 0. The largest absolute Gasteiger partial charge is 1.00 e. The fourth-order valence-corrected chi connectivity index (χ4v) is 1.15. The van der Waals surface area contributed by atoms with Gasteiger partial charge in [0.05, 0.1) is 11.5 Å². The van der Waals surface area contributed by atoms with Gasteiger partial charge in [-0.1, -0.05) is 48.5 Å². The van der Waals surface area contributed by atoms with Crippen molar-refractivity contribution in [1.82, 2.24) is 0 Å².